The Morgan fingerprint density at radius 1 is 1.40 bits per heavy atom. The second-order valence-corrected chi connectivity index (χ2v) is 2.70. The van der Waals surface area contributed by atoms with Gasteiger partial charge in [-0.3, -0.25) is 9.59 Å². The number of anilines is 1. The molecule has 0 aromatic carbocycles. The van der Waals surface area contributed by atoms with Crippen LogP contribution in [0.15, 0.2) is 12.1 Å². The van der Waals surface area contributed by atoms with Crippen molar-refractivity contribution in [2.24, 2.45) is 0 Å². The number of carbonyl (C=O) groups excluding carboxylic acids is 2. The summed E-state index contributed by atoms with van der Waals surface area (Å²) in [6.07, 6.45) is 1.33. The average molecular weight is 155 g/mol. The Bertz CT molecular complexity index is 244. The lowest BCUT2D eigenvalue weighted by atomic mass is 10.5. The molecule has 0 aliphatic heterocycles. The summed E-state index contributed by atoms with van der Waals surface area (Å²) in [4.78, 5) is 20.6. The van der Waals surface area contributed by atoms with Gasteiger partial charge >= 0.3 is 0 Å². The van der Waals surface area contributed by atoms with Gasteiger partial charge in [0.25, 0.3) is 0 Å². The van der Waals surface area contributed by atoms with Crippen molar-refractivity contribution >= 4 is 29.0 Å². The summed E-state index contributed by atoms with van der Waals surface area (Å²) in [6.45, 7) is 0. The van der Waals surface area contributed by atoms with Crippen LogP contribution in [0.1, 0.15) is 9.67 Å². The van der Waals surface area contributed by atoms with Gasteiger partial charge in [0.15, 0.2) is 6.29 Å². The molecule has 52 valence electrons. The van der Waals surface area contributed by atoms with Crippen molar-refractivity contribution in [2.75, 3.05) is 5.32 Å². The smallest absolute Gasteiger partial charge is 0.212 e. The van der Waals surface area contributed by atoms with Gasteiger partial charge in [0, 0.05) is 0 Å². The molecule has 0 fully saturated rings. The van der Waals surface area contributed by atoms with E-state index in [2.05, 4.69) is 5.32 Å². The molecule has 0 aliphatic carbocycles. The highest BCUT2D eigenvalue weighted by Gasteiger charge is 1.95. The summed E-state index contributed by atoms with van der Waals surface area (Å²) in [7, 11) is 0. The van der Waals surface area contributed by atoms with Crippen LogP contribution in [0, 0.1) is 0 Å². The van der Waals surface area contributed by atoms with Crippen LogP contribution in [-0.4, -0.2) is 12.7 Å². The number of nitrogens with one attached hydrogen (secondary N) is 1. The molecule has 0 spiro atoms. The molecule has 3 nitrogen and oxygen atoms in total. The molecule has 0 bridgehead atoms. The zero-order valence-corrected chi connectivity index (χ0v) is 5.85. The Morgan fingerprint density at radius 3 is 2.70 bits per heavy atom. The van der Waals surface area contributed by atoms with Gasteiger partial charge in [-0.1, -0.05) is 0 Å². The third kappa shape index (κ3) is 1.41. The van der Waals surface area contributed by atoms with E-state index in [1.165, 1.54) is 11.3 Å². The van der Waals surface area contributed by atoms with Gasteiger partial charge in [0.2, 0.25) is 6.41 Å². The molecule has 1 N–H and O–H groups in total. The van der Waals surface area contributed by atoms with Gasteiger partial charge in [-0.2, -0.15) is 0 Å². The van der Waals surface area contributed by atoms with Crippen LogP contribution in [0.2, 0.25) is 0 Å². The molecule has 1 aromatic heterocycles. The minimum atomic E-state index is 0.584. The number of carbonyl (C=O) groups is 2. The van der Waals surface area contributed by atoms with Crippen LogP contribution < -0.4 is 5.32 Å². The van der Waals surface area contributed by atoms with E-state index < -0.39 is 0 Å². The summed E-state index contributed by atoms with van der Waals surface area (Å²) in [5.74, 6) is 0. The van der Waals surface area contributed by atoms with Gasteiger partial charge in [-0.05, 0) is 12.1 Å². The summed E-state index contributed by atoms with van der Waals surface area (Å²) in [6, 6.07) is 3.34. The van der Waals surface area contributed by atoms with E-state index in [1.54, 1.807) is 12.1 Å². The number of hydrogen-bond donors (Lipinski definition) is 1. The molecule has 1 heterocycles. The second-order valence-electron chi connectivity index (χ2n) is 1.58. The number of hydrogen-bond acceptors (Lipinski definition) is 3. The van der Waals surface area contributed by atoms with Crippen LogP contribution >= 0.6 is 11.3 Å². The molecule has 4 heteroatoms. The molecule has 1 aromatic rings. The Kier molecular flexibility index (Phi) is 2.17. The second kappa shape index (κ2) is 3.12. The van der Waals surface area contributed by atoms with E-state index >= 15 is 0 Å². The van der Waals surface area contributed by atoms with E-state index in [-0.39, 0.29) is 0 Å². The fourth-order valence-electron chi connectivity index (χ4n) is 0.552. The summed E-state index contributed by atoms with van der Waals surface area (Å²) in [5.41, 5.74) is 0. The highest BCUT2D eigenvalue weighted by Crippen LogP contribution is 2.18. The fraction of sp³-hybridized carbons (Fsp3) is 0. The molecule has 0 saturated heterocycles. The van der Waals surface area contributed by atoms with Crippen LogP contribution in [0.25, 0.3) is 0 Å². The van der Waals surface area contributed by atoms with Gasteiger partial charge in [-0.25, -0.2) is 0 Å². The normalized spacial score (nSPS) is 8.80. The first-order valence-electron chi connectivity index (χ1n) is 2.62. The number of amides is 1. The standard InChI is InChI=1S/C6H5NO2S/c8-3-5-1-2-6(10-5)7-4-9/h1-4H,(H,7,9). The van der Waals surface area contributed by atoms with Crippen molar-refractivity contribution in [2.45, 2.75) is 0 Å². The number of rotatable bonds is 3. The lowest BCUT2D eigenvalue weighted by Gasteiger charge is -1.85. The first kappa shape index (κ1) is 6.95. The predicted octanol–water partition coefficient (Wildman–Crippen LogP) is 1.13. The summed E-state index contributed by atoms with van der Waals surface area (Å²) >= 11 is 1.25. The lowest BCUT2D eigenvalue weighted by molar-refractivity contribution is -0.105. The Hall–Kier alpha value is -1.16. The van der Waals surface area contributed by atoms with Crippen LogP contribution in [0.4, 0.5) is 5.00 Å². The zero-order valence-electron chi connectivity index (χ0n) is 5.03. The predicted molar refractivity (Wildman–Crippen MR) is 39.4 cm³/mol. The van der Waals surface area contributed by atoms with Gasteiger partial charge in [0.1, 0.15) is 0 Å². The topological polar surface area (TPSA) is 46.2 Å². The monoisotopic (exact) mass is 155 g/mol. The molecule has 0 unspecified atom stereocenters. The highest BCUT2D eigenvalue weighted by molar-refractivity contribution is 7.17. The van der Waals surface area contributed by atoms with Crippen LogP contribution in [0.5, 0.6) is 0 Å². The van der Waals surface area contributed by atoms with Gasteiger partial charge in [0.05, 0.1) is 9.88 Å². The summed E-state index contributed by atoms with van der Waals surface area (Å²) in [5, 5.41) is 3.13. The third-order valence-electron chi connectivity index (χ3n) is 0.944. The Labute approximate surface area is 61.7 Å². The molecular weight excluding hydrogens is 150 g/mol. The van der Waals surface area contributed by atoms with Crippen molar-refractivity contribution < 1.29 is 9.59 Å². The fourth-order valence-corrected chi connectivity index (χ4v) is 1.23. The van der Waals surface area contributed by atoms with E-state index in [0.29, 0.717) is 16.3 Å². The largest absolute Gasteiger partial charge is 0.320 e. The molecule has 1 amide bonds. The van der Waals surface area contributed by atoms with Crippen molar-refractivity contribution in [1.82, 2.24) is 0 Å². The van der Waals surface area contributed by atoms with E-state index in [9.17, 15) is 9.59 Å². The van der Waals surface area contributed by atoms with Gasteiger partial charge in [-0.15, -0.1) is 11.3 Å². The summed E-state index contributed by atoms with van der Waals surface area (Å²) < 4.78 is 0. The highest BCUT2D eigenvalue weighted by atomic mass is 32.1. The maximum absolute atomic E-state index is 10.1. The average Bonchev–Trinajstić information content (AvgIpc) is 2.37. The van der Waals surface area contributed by atoms with Crippen LogP contribution in [0.3, 0.4) is 0 Å². The third-order valence-corrected chi connectivity index (χ3v) is 1.89. The molecule has 10 heavy (non-hydrogen) atoms. The first-order chi connectivity index (χ1) is 4.86. The van der Waals surface area contributed by atoms with E-state index in [4.69, 9.17) is 0 Å². The molecule has 0 saturated carbocycles. The lowest BCUT2D eigenvalue weighted by Crippen LogP contribution is -1.88. The molecule has 0 radical (unpaired) electrons. The molecular formula is C6H5NO2S. The van der Waals surface area contributed by atoms with E-state index in [1.807, 2.05) is 0 Å². The number of thiophene rings is 1. The molecule has 1 rings (SSSR count). The SMILES string of the molecule is O=CNc1ccc(C=O)s1. The minimum Gasteiger partial charge on any atom is -0.320 e. The Balaban J connectivity index is 2.77. The van der Waals surface area contributed by atoms with Gasteiger partial charge < -0.3 is 5.32 Å². The zero-order chi connectivity index (χ0) is 7.40. The van der Waals surface area contributed by atoms with Crippen molar-refractivity contribution in [1.29, 1.82) is 0 Å². The maximum atomic E-state index is 10.1. The number of aldehydes is 1. The van der Waals surface area contributed by atoms with Crippen molar-refractivity contribution in [3.8, 4) is 0 Å². The quantitative estimate of drug-likeness (QED) is 0.665. The molecule has 0 aliphatic rings. The molecule has 0 atom stereocenters. The van der Waals surface area contributed by atoms with E-state index in [0.717, 1.165) is 6.29 Å². The van der Waals surface area contributed by atoms with Crippen LogP contribution in [-0.2, 0) is 4.79 Å². The van der Waals surface area contributed by atoms with Crippen molar-refractivity contribution in [3.05, 3.63) is 17.0 Å². The maximum Gasteiger partial charge on any atom is 0.212 e. The first-order valence-corrected chi connectivity index (χ1v) is 3.43. The Morgan fingerprint density at radius 2 is 2.20 bits per heavy atom. The van der Waals surface area contributed by atoms with Crippen molar-refractivity contribution in [3.63, 3.8) is 0 Å². The minimum absolute atomic E-state index is 0.584.